The molecule has 1 aromatic heterocycles. The van der Waals surface area contributed by atoms with E-state index in [1.54, 1.807) is 29.2 Å². The highest BCUT2D eigenvalue weighted by atomic mass is 16.5. The van der Waals surface area contributed by atoms with Gasteiger partial charge in [-0.2, -0.15) is 5.26 Å². The molecule has 0 aliphatic carbocycles. The average Bonchev–Trinajstić information content (AvgIpc) is 2.83. The van der Waals surface area contributed by atoms with Crippen molar-refractivity contribution in [2.75, 3.05) is 36.2 Å². The largest absolute Gasteiger partial charge is 0.383 e. The number of hydrogen-bond acceptors (Lipinski definition) is 7. The minimum absolute atomic E-state index is 0.00281. The number of aromatic nitrogens is 2. The van der Waals surface area contributed by atoms with Gasteiger partial charge in [0.15, 0.2) is 0 Å². The van der Waals surface area contributed by atoms with E-state index in [1.165, 1.54) is 11.7 Å². The van der Waals surface area contributed by atoms with Crippen molar-refractivity contribution in [3.63, 3.8) is 0 Å². The molecule has 0 radical (unpaired) electrons. The Kier molecular flexibility index (Phi) is 8.21. The molecule has 1 heterocycles. The average molecular weight is 463 g/mol. The van der Waals surface area contributed by atoms with Gasteiger partial charge in [0.2, 0.25) is 5.91 Å². The first kappa shape index (κ1) is 24.3. The molecule has 0 bridgehead atoms. The monoisotopic (exact) mass is 462 g/mol. The lowest BCUT2D eigenvalue weighted by molar-refractivity contribution is -0.116. The van der Waals surface area contributed by atoms with E-state index >= 15 is 0 Å². The molecule has 176 valence electrons. The molecule has 4 N–H and O–H groups in total. The summed E-state index contributed by atoms with van der Waals surface area (Å²) in [7, 11) is 1.50. The van der Waals surface area contributed by atoms with Crippen molar-refractivity contribution in [1.82, 2.24) is 9.55 Å². The molecule has 10 heteroatoms. The first-order valence-corrected chi connectivity index (χ1v) is 10.6. The van der Waals surface area contributed by atoms with Gasteiger partial charge in [-0.1, -0.05) is 42.5 Å². The van der Waals surface area contributed by atoms with E-state index in [-0.39, 0.29) is 43.5 Å². The van der Waals surface area contributed by atoms with E-state index in [0.29, 0.717) is 17.8 Å². The number of ether oxygens (including phenoxy) is 1. The topological polar surface area (TPSA) is 146 Å². The van der Waals surface area contributed by atoms with Gasteiger partial charge in [-0.25, -0.2) is 4.79 Å². The van der Waals surface area contributed by atoms with E-state index in [2.05, 4.69) is 10.3 Å². The molecular formula is C24H26N6O4. The molecular weight excluding hydrogens is 436 g/mol. The van der Waals surface area contributed by atoms with Crippen molar-refractivity contribution in [1.29, 1.82) is 5.26 Å². The second-order valence-corrected chi connectivity index (χ2v) is 7.50. The predicted molar refractivity (Wildman–Crippen MR) is 130 cm³/mol. The van der Waals surface area contributed by atoms with Gasteiger partial charge in [-0.05, 0) is 17.7 Å². The number of nitrogen functional groups attached to an aromatic ring is 1. The Morgan fingerprint density at radius 3 is 2.59 bits per heavy atom. The number of aromatic amines is 1. The lowest BCUT2D eigenvalue weighted by Gasteiger charge is -2.26. The van der Waals surface area contributed by atoms with Crippen molar-refractivity contribution in [3.05, 3.63) is 86.6 Å². The summed E-state index contributed by atoms with van der Waals surface area (Å²) < 4.78 is 6.28. The highest BCUT2D eigenvalue weighted by Crippen LogP contribution is 2.20. The summed E-state index contributed by atoms with van der Waals surface area (Å²) >= 11 is 0. The van der Waals surface area contributed by atoms with Crippen molar-refractivity contribution < 1.29 is 9.53 Å². The second kappa shape index (κ2) is 11.5. The highest BCUT2D eigenvalue weighted by molar-refractivity contribution is 5.92. The zero-order valence-corrected chi connectivity index (χ0v) is 18.8. The summed E-state index contributed by atoms with van der Waals surface area (Å²) in [6.45, 7) is 0.828. The number of H-pyrrole nitrogens is 1. The van der Waals surface area contributed by atoms with Gasteiger partial charge in [0.05, 0.1) is 24.4 Å². The number of amides is 1. The van der Waals surface area contributed by atoms with Gasteiger partial charge in [0.1, 0.15) is 17.6 Å². The number of carbonyl (C=O) groups excluding carboxylic acids is 1. The maximum Gasteiger partial charge on any atom is 0.330 e. The minimum Gasteiger partial charge on any atom is -0.383 e. The summed E-state index contributed by atoms with van der Waals surface area (Å²) in [6.07, 6.45) is 0.0165. The molecule has 3 rings (SSSR count). The number of nitrogens with one attached hydrogen (secondary N) is 2. The van der Waals surface area contributed by atoms with Crippen LogP contribution in [-0.2, 0) is 22.6 Å². The van der Waals surface area contributed by atoms with Gasteiger partial charge >= 0.3 is 5.69 Å². The van der Waals surface area contributed by atoms with Crippen LogP contribution in [-0.4, -0.2) is 35.7 Å². The highest BCUT2D eigenvalue weighted by Gasteiger charge is 2.20. The van der Waals surface area contributed by atoms with Gasteiger partial charge in [0.25, 0.3) is 5.56 Å². The van der Waals surface area contributed by atoms with Crippen LogP contribution in [0.3, 0.4) is 0 Å². The van der Waals surface area contributed by atoms with Gasteiger partial charge in [-0.15, -0.1) is 0 Å². The summed E-state index contributed by atoms with van der Waals surface area (Å²) in [5, 5.41) is 12.0. The van der Waals surface area contributed by atoms with Gasteiger partial charge < -0.3 is 20.7 Å². The normalized spacial score (nSPS) is 10.5. The number of methoxy groups -OCH3 is 1. The molecule has 0 saturated carbocycles. The number of anilines is 3. The van der Waals surface area contributed by atoms with Crippen molar-refractivity contribution >= 4 is 23.1 Å². The van der Waals surface area contributed by atoms with Crippen LogP contribution in [0.5, 0.6) is 0 Å². The van der Waals surface area contributed by atoms with Crippen LogP contribution in [0.4, 0.5) is 17.2 Å². The molecule has 0 fully saturated rings. The third kappa shape index (κ3) is 5.90. The van der Waals surface area contributed by atoms with E-state index < -0.39 is 11.2 Å². The van der Waals surface area contributed by atoms with E-state index in [1.807, 2.05) is 36.4 Å². The van der Waals surface area contributed by atoms with Crippen molar-refractivity contribution in [2.45, 2.75) is 19.5 Å². The number of nitrogens with two attached hydrogens (primary N) is 1. The van der Waals surface area contributed by atoms with Crippen molar-refractivity contribution in [2.24, 2.45) is 0 Å². The number of nitriles is 1. The fourth-order valence-corrected chi connectivity index (χ4v) is 3.50. The molecule has 3 aromatic rings. The Labute approximate surface area is 196 Å². The van der Waals surface area contributed by atoms with E-state index in [9.17, 15) is 19.6 Å². The molecule has 0 spiro atoms. The van der Waals surface area contributed by atoms with Crippen molar-refractivity contribution in [3.8, 4) is 6.07 Å². The van der Waals surface area contributed by atoms with Crippen LogP contribution in [0.15, 0.2) is 64.2 Å². The summed E-state index contributed by atoms with van der Waals surface area (Å²) in [5.41, 5.74) is 6.75. The first-order chi connectivity index (χ1) is 16.4. The lowest BCUT2D eigenvalue weighted by atomic mass is 10.2. The fraction of sp³-hybridized carbons (Fsp3) is 0.250. The molecule has 0 aliphatic heterocycles. The molecule has 0 saturated heterocycles. The summed E-state index contributed by atoms with van der Waals surface area (Å²) in [6, 6.07) is 18.1. The molecule has 0 aliphatic rings. The molecule has 2 aromatic carbocycles. The predicted octanol–water partition coefficient (Wildman–Crippen LogP) is 1.67. The second-order valence-electron chi connectivity index (χ2n) is 7.50. The van der Waals surface area contributed by atoms with Crippen LogP contribution in [0.2, 0.25) is 0 Å². The number of carbonyl (C=O) groups is 1. The zero-order chi connectivity index (χ0) is 24.5. The fourth-order valence-electron chi connectivity index (χ4n) is 3.50. The van der Waals surface area contributed by atoms with Gasteiger partial charge in [-0.3, -0.25) is 19.1 Å². The Balaban J connectivity index is 1.89. The number of hydrogen-bond donors (Lipinski definition) is 3. The van der Waals surface area contributed by atoms with E-state index in [4.69, 9.17) is 10.5 Å². The Morgan fingerprint density at radius 1 is 1.18 bits per heavy atom. The Morgan fingerprint density at radius 2 is 1.88 bits per heavy atom. The quantitative estimate of drug-likeness (QED) is 0.415. The molecule has 34 heavy (non-hydrogen) atoms. The van der Waals surface area contributed by atoms with Gasteiger partial charge in [0, 0.05) is 26.6 Å². The van der Waals surface area contributed by atoms with E-state index in [0.717, 1.165) is 5.56 Å². The third-order valence-corrected chi connectivity index (χ3v) is 5.20. The van der Waals surface area contributed by atoms with Crippen LogP contribution in [0, 0.1) is 11.3 Å². The third-order valence-electron chi connectivity index (χ3n) is 5.20. The zero-order valence-electron chi connectivity index (χ0n) is 18.8. The summed E-state index contributed by atoms with van der Waals surface area (Å²) in [5.74, 6) is -0.333. The van der Waals surface area contributed by atoms with Crippen LogP contribution in [0.25, 0.3) is 0 Å². The SMILES string of the molecule is COCCn1c(N)c(N(CCC(=O)Nc2ccccc2C#N)Cc2ccccc2)c(=O)[nH]c1=O. The maximum atomic E-state index is 12.8. The number of benzene rings is 2. The van der Waals surface area contributed by atoms with Crippen LogP contribution < -0.4 is 27.2 Å². The lowest BCUT2D eigenvalue weighted by Crippen LogP contribution is -2.39. The first-order valence-electron chi connectivity index (χ1n) is 10.6. The Hall–Kier alpha value is -4.36. The molecule has 10 nitrogen and oxygen atoms in total. The minimum atomic E-state index is -0.637. The standard InChI is InChI=1S/C24H26N6O4/c1-34-14-13-30-22(26)21(23(32)28-24(30)33)29(16-17-7-3-2-4-8-17)12-11-20(31)27-19-10-6-5-9-18(19)15-25/h2-10H,11-14,16,26H2,1H3,(H,27,31)(H,28,32,33). The Bertz CT molecular complexity index is 1290. The maximum absolute atomic E-state index is 12.8. The smallest absolute Gasteiger partial charge is 0.330 e. The number of rotatable bonds is 10. The molecule has 0 unspecified atom stereocenters. The van der Waals surface area contributed by atoms with Crippen LogP contribution >= 0.6 is 0 Å². The number of para-hydroxylation sites is 1. The molecule has 1 amide bonds. The molecule has 0 atom stereocenters. The summed E-state index contributed by atoms with van der Waals surface area (Å²) in [4.78, 5) is 41.7. The number of nitrogens with zero attached hydrogens (tertiary/aromatic N) is 3. The van der Waals surface area contributed by atoms with Crippen LogP contribution in [0.1, 0.15) is 17.5 Å².